The highest BCUT2D eigenvalue weighted by molar-refractivity contribution is 9.09. The van der Waals surface area contributed by atoms with Gasteiger partial charge in [0.25, 0.3) is 0 Å². The summed E-state index contributed by atoms with van der Waals surface area (Å²) in [6.45, 7) is 0.782. The molecule has 0 aromatic rings. The molecule has 0 spiro atoms. The van der Waals surface area contributed by atoms with E-state index in [9.17, 15) is 4.79 Å². The van der Waals surface area contributed by atoms with Crippen LogP contribution in [0.25, 0.3) is 0 Å². The fraction of sp³-hybridized carbons (Fsp3) is 0.875. The fourth-order valence-corrected chi connectivity index (χ4v) is 2.76. The molecule has 2 nitrogen and oxygen atoms in total. The van der Waals surface area contributed by atoms with Gasteiger partial charge in [-0.05, 0) is 12.8 Å². The molecule has 2 aliphatic rings. The zero-order valence-electron chi connectivity index (χ0n) is 6.25. The summed E-state index contributed by atoms with van der Waals surface area (Å²) in [5, 5.41) is 0.771. The van der Waals surface area contributed by atoms with Crippen LogP contribution < -0.4 is 0 Å². The van der Waals surface area contributed by atoms with Gasteiger partial charge in [-0.3, -0.25) is 4.79 Å². The molecule has 1 saturated heterocycles. The van der Waals surface area contributed by atoms with Crippen molar-refractivity contribution >= 4 is 21.7 Å². The number of fused-ring (bicyclic) bond motifs is 2. The Hall–Kier alpha value is 0.110. The highest BCUT2D eigenvalue weighted by atomic mass is 79.9. The van der Waals surface area contributed by atoms with E-state index in [0.717, 1.165) is 24.8 Å². The van der Waals surface area contributed by atoms with E-state index in [-0.39, 0.29) is 12.0 Å². The lowest BCUT2D eigenvalue weighted by molar-refractivity contribution is -0.123. The molecule has 2 fully saturated rings. The fourth-order valence-electron chi connectivity index (χ4n) is 2.03. The Morgan fingerprint density at radius 3 is 3.09 bits per heavy atom. The number of hydrogen-bond donors (Lipinski definition) is 0. The lowest BCUT2D eigenvalue weighted by Gasteiger charge is -2.19. The maximum Gasteiger partial charge on any atom is 0.142 e. The van der Waals surface area contributed by atoms with Gasteiger partial charge >= 0.3 is 0 Å². The first-order valence-corrected chi connectivity index (χ1v) is 5.16. The van der Waals surface area contributed by atoms with E-state index in [1.807, 2.05) is 0 Å². The van der Waals surface area contributed by atoms with Gasteiger partial charge in [-0.15, -0.1) is 0 Å². The summed E-state index contributed by atoms with van der Waals surface area (Å²) in [6, 6.07) is 0. The molecular weight excluding hydrogens is 208 g/mol. The first-order valence-electron chi connectivity index (χ1n) is 4.04. The molecule has 1 heterocycles. The van der Waals surface area contributed by atoms with Crippen molar-refractivity contribution in [3.05, 3.63) is 0 Å². The van der Waals surface area contributed by atoms with Crippen LogP contribution in [0.5, 0.6) is 0 Å². The van der Waals surface area contributed by atoms with Crippen LogP contribution in [0.4, 0.5) is 0 Å². The van der Waals surface area contributed by atoms with Crippen LogP contribution in [-0.4, -0.2) is 23.8 Å². The zero-order chi connectivity index (χ0) is 7.84. The number of carbonyl (C=O) groups is 1. The van der Waals surface area contributed by atoms with Gasteiger partial charge in [0.15, 0.2) is 0 Å². The number of halogens is 1. The van der Waals surface area contributed by atoms with Crippen LogP contribution in [0.2, 0.25) is 0 Å². The normalized spacial score (nSPS) is 43.0. The summed E-state index contributed by atoms with van der Waals surface area (Å²) in [6.07, 6.45) is 2.13. The Morgan fingerprint density at radius 2 is 2.45 bits per heavy atom. The number of Topliss-reactive ketones (excluding diaryl/α,β-unsaturated/α-hetero) is 1. The molecule has 0 radical (unpaired) electrons. The Labute approximate surface area is 74.4 Å². The third-order valence-electron chi connectivity index (χ3n) is 2.70. The van der Waals surface area contributed by atoms with Crippen LogP contribution in [0.1, 0.15) is 12.8 Å². The number of hydrogen-bond acceptors (Lipinski definition) is 2. The van der Waals surface area contributed by atoms with Gasteiger partial charge in [-0.2, -0.15) is 0 Å². The molecule has 0 aromatic carbocycles. The molecular formula is C8H11BrO2. The zero-order valence-corrected chi connectivity index (χ0v) is 7.84. The van der Waals surface area contributed by atoms with Gasteiger partial charge < -0.3 is 4.74 Å². The van der Waals surface area contributed by atoms with E-state index >= 15 is 0 Å². The topological polar surface area (TPSA) is 26.3 Å². The van der Waals surface area contributed by atoms with Crippen LogP contribution in [0.15, 0.2) is 0 Å². The van der Waals surface area contributed by atoms with Crippen molar-refractivity contribution in [2.24, 2.45) is 11.8 Å². The number of rotatable bonds is 1. The molecule has 2 bridgehead atoms. The summed E-state index contributed by atoms with van der Waals surface area (Å²) >= 11 is 3.35. The van der Waals surface area contributed by atoms with E-state index < -0.39 is 0 Å². The first-order chi connectivity index (χ1) is 5.33. The average molecular weight is 219 g/mol. The molecule has 2 rings (SSSR count). The van der Waals surface area contributed by atoms with Gasteiger partial charge in [0, 0.05) is 17.9 Å². The maximum absolute atomic E-state index is 11.5. The molecule has 3 heteroatoms. The van der Waals surface area contributed by atoms with Gasteiger partial charge in [0.1, 0.15) is 5.78 Å². The first kappa shape index (κ1) is 7.74. The Bertz CT molecular complexity index is 181. The smallest absolute Gasteiger partial charge is 0.142 e. The minimum atomic E-state index is 0.141. The van der Waals surface area contributed by atoms with Crippen molar-refractivity contribution < 1.29 is 9.53 Å². The second-order valence-corrected chi connectivity index (χ2v) is 3.94. The standard InChI is InChI=1S/C8H11BrO2/c9-4-6-7-3-5(8(6)10)1-2-11-7/h5-7H,1-4H2. The summed E-state index contributed by atoms with van der Waals surface area (Å²) in [5.41, 5.74) is 0. The van der Waals surface area contributed by atoms with Gasteiger partial charge in [0.2, 0.25) is 0 Å². The van der Waals surface area contributed by atoms with Gasteiger partial charge in [0.05, 0.1) is 12.0 Å². The maximum atomic E-state index is 11.5. The van der Waals surface area contributed by atoms with Crippen molar-refractivity contribution in [1.82, 2.24) is 0 Å². The van der Waals surface area contributed by atoms with Gasteiger partial charge in [-0.1, -0.05) is 15.9 Å². The second-order valence-electron chi connectivity index (χ2n) is 3.29. The van der Waals surface area contributed by atoms with Crippen molar-refractivity contribution in [2.75, 3.05) is 11.9 Å². The number of ether oxygens (including phenoxy) is 1. The van der Waals surface area contributed by atoms with E-state index in [1.165, 1.54) is 0 Å². The highest BCUT2D eigenvalue weighted by Crippen LogP contribution is 2.36. The van der Waals surface area contributed by atoms with Crippen molar-refractivity contribution in [3.8, 4) is 0 Å². The monoisotopic (exact) mass is 218 g/mol. The molecule has 3 atom stereocenters. The third kappa shape index (κ3) is 1.14. The van der Waals surface area contributed by atoms with Crippen LogP contribution in [0.3, 0.4) is 0 Å². The van der Waals surface area contributed by atoms with E-state index in [1.54, 1.807) is 0 Å². The Balaban J connectivity index is 2.17. The molecule has 0 N–H and O–H groups in total. The lowest BCUT2D eigenvalue weighted by Crippen LogP contribution is -2.23. The predicted octanol–water partition coefficient (Wildman–Crippen LogP) is 1.38. The van der Waals surface area contributed by atoms with Gasteiger partial charge in [-0.25, -0.2) is 0 Å². The molecule has 3 unspecified atom stereocenters. The molecule has 1 aliphatic heterocycles. The van der Waals surface area contributed by atoms with Crippen LogP contribution in [-0.2, 0) is 9.53 Å². The number of alkyl halides is 1. The Morgan fingerprint density at radius 1 is 1.64 bits per heavy atom. The molecule has 11 heavy (non-hydrogen) atoms. The molecule has 1 saturated carbocycles. The van der Waals surface area contributed by atoms with Crippen molar-refractivity contribution in [1.29, 1.82) is 0 Å². The van der Waals surface area contributed by atoms with E-state index in [0.29, 0.717) is 11.7 Å². The summed E-state index contributed by atoms with van der Waals surface area (Å²) in [5.74, 6) is 0.878. The van der Waals surface area contributed by atoms with Crippen LogP contribution >= 0.6 is 15.9 Å². The largest absolute Gasteiger partial charge is 0.377 e. The molecule has 0 aromatic heterocycles. The molecule has 1 aliphatic carbocycles. The SMILES string of the molecule is O=C1C2CCOC(C2)C1CBr. The van der Waals surface area contributed by atoms with Crippen molar-refractivity contribution in [2.45, 2.75) is 18.9 Å². The minimum absolute atomic E-state index is 0.141. The predicted molar refractivity (Wildman–Crippen MR) is 44.8 cm³/mol. The average Bonchev–Trinajstić information content (AvgIpc) is 2.25. The number of ketones is 1. The van der Waals surface area contributed by atoms with E-state index in [2.05, 4.69) is 15.9 Å². The third-order valence-corrected chi connectivity index (χ3v) is 3.40. The summed E-state index contributed by atoms with van der Waals surface area (Å²) in [4.78, 5) is 11.5. The highest BCUT2D eigenvalue weighted by Gasteiger charge is 2.44. The minimum Gasteiger partial charge on any atom is -0.377 e. The Kier molecular flexibility index (Phi) is 2.02. The second kappa shape index (κ2) is 2.87. The summed E-state index contributed by atoms with van der Waals surface area (Å²) in [7, 11) is 0. The van der Waals surface area contributed by atoms with Crippen molar-refractivity contribution in [3.63, 3.8) is 0 Å². The van der Waals surface area contributed by atoms with Crippen LogP contribution in [0, 0.1) is 11.8 Å². The summed E-state index contributed by atoms with van der Waals surface area (Å²) < 4.78 is 5.49. The lowest BCUT2D eigenvalue weighted by atomic mass is 10.0. The molecule has 62 valence electrons. The quantitative estimate of drug-likeness (QED) is 0.622. The number of carbonyl (C=O) groups excluding carboxylic acids is 1. The van der Waals surface area contributed by atoms with E-state index in [4.69, 9.17) is 4.74 Å². The molecule has 0 amide bonds.